The topological polar surface area (TPSA) is 303 Å². The smallest absolute Gasteiger partial charge is 0.331 e. The van der Waals surface area contributed by atoms with Crippen molar-refractivity contribution in [1.82, 2.24) is 0 Å². The number of aromatic hydroxyl groups is 3. The molecule has 0 amide bonds. The number of carbonyl (C=O) groups excluding carboxylic acids is 2. The predicted octanol–water partition coefficient (Wildman–Crippen LogP) is -1.08. The minimum Gasteiger partial charge on any atom is -0.504 e. The number of esters is 2. The number of methoxy groups -OCH3 is 1. The van der Waals surface area contributed by atoms with Crippen LogP contribution in [0.15, 0.2) is 60.9 Å². The van der Waals surface area contributed by atoms with Crippen LogP contribution < -0.4 is 4.74 Å². The lowest BCUT2D eigenvalue weighted by Crippen LogP contribution is -2.61. The minimum absolute atomic E-state index is 0.127. The molecule has 4 aliphatic heterocycles. The molecule has 20 nitrogen and oxygen atoms in total. The number of fused-ring (bicyclic) bond motifs is 3. The van der Waals surface area contributed by atoms with E-state index in [4.69, 9.17) is 42.6 Å². The number of epoxide rings is 1. The molecule has 20 heteroatoms. The number of aliphatic hydroxyl groups excluding tert-OH is 6. The van der Waals surface area contributed by atoms with Gasteiger partial charge >= 0.3 is 11.9 Å². The number of phenols is 3. The highest BCUT2D eigenvalue weighted by atomic mass is 16.8. The summed E-state index contributed by atoms with van der Waals surface area (Å²) in [4.78, 5) is 26.7. The molecule has 7 rings (SSSR count). The van der Waals surface area contributed by atoms with Crippen molar-refractivity contribution in [3.8, 4) is 23.0 Å². The maximum atomic E-state index is 13.4. The summed E-state index contributed by atoms with van der Waals surface area (Å²) in [6.07, 6.45) is -11.2. The molecule has 2 aromatic carbocycles. The number of rotatable bonds is 13. The van der Waals surface area contributed by atoms with Crippen molar-refractivity contribution in [3.63, 3.8) is 0 Å². The third kappa shape index (κ3) is 8.41. The summed E-state index contributed by atoms with van der Waals surface area (Å²) < 4.78 is 52.4. The summed E-state index contributed by atoms with van der Waals surface area (Å²) in [6.45, 7) is 0.193. The Labute approximate surface area is 341 Å². The van der Waals surface area contributed by atoms with Gasteiger partial charge in [-0.25, -0.2) is 9.59 Å². The first-order chi connectivity index (χ1) is 28.7. The molecule has 0 spiro atoms. The average molecular weight is 847 g/mol. The summed E-state index contributed by atoms with van der Waals surface area (Å²) in [5, 5.41) is 92.4. The first-order valence-electron chi connectivity index (χ1n) is 18.9. The molecule has 9 N–H and O–H groups in total. The number of phenolic OH excluding ortho intramolecular Hbond substituents is 3. The largest absolute Gasteiger partial charge is 0.504 e. The number of ether oxygens (including phenoxy) is 9. The second kappa shape index (κ2) is 17.6. The van der Waals surface area contributed by atoms with Crippen molar-refractivity contribution in [2.24, 2.45) is 11.8 Å². The van der Waals surface area contributed by atoms with Crippen molar-refractivity contribution in [2.45, 2.75) is 92.4 Å². The van der Waals surface area contributed by atoms with Gasteiger partial charge in [-0.2, -0.15) is 0 Å². The van der Waals surface area contributed by atoms with Crippen LogP contribution in [0.1, 0.15) is 18.1 Å². The highest BCUT2D eigenvalue weighted by Crippen LogP contribution is 2.61. The second-order valence-electron chi connectivity index (χ2n) is 14.9. The third-order valence-corrected chi connectivity index (χ3v) is 11.2. The van der Waals surface area contributed by atoms with Crippen LogP contribution in [0.5, 0.6) is 23.0 Å². The zero-order valence-electron chi connectivity index (χ0n) is 32.0. The van der Waals surface area contributed by atoms with Gasteiger partial charge in [0.2, 0.25) is 6.29 Å². The second-order valence-corrected chi connectivity index (χ2v) is 14.9. The highest BCUT2D eigenvalue weighted by Gasteiger charge is 2.77. The molecule has 326 valence electrons. The van der Waals surface area contributed by atoms with E-state index < -0.39 is 128 Å². The first-order valence-corrected chi connectivity index (χ1v) is 18.9. The van der Waals surface area contributed by atoms with Crippen LogP contribution in [0.3, 0.4) is 0 Å². The maximum Gasteiger partial charge on any atom is 0.331 e. The number of aliphatic hydroxyl groups is 6. The summed E-state index contributed by atoms with van der Waals surface area (Å²) in [6, 6.07) is 8.14. The van der Waals surface area contributed by atoms with Crippen molar-refractivity contribution >= 4 is 24.1 Å². The van der Waals surface area contributed by atoms with E-state index in [1.54, 1.807) is 6.08 Å². The summed E-state index contributed by atoms with van der Waals surface area (Å²) in [5.74, 6) is -4.37. The van der Waals surface area contributed by atoms with E-state index >= 15 is 0 Å². The first kappa shape index (κ1) is 43.3. The number of hydrogen-bond acceptors (Lipinski definition) is 20. The Morgan fingerprint density at radius 1 is 0.750 bits per heavy atom. The van der Waals surface area contributed by atoms with Crippen molar-refractivity contribution < 1.29 is 98.2 Å². The zero-order valence-corrected chi connectivity index (χ0v) is 32.0. The Hall–Kier alpha value is -4.84. The van der Waals surface area contributed by atoms with E-state index in [1.165, 1.54) is 68.8 Å². The van der Waals surface area contributed by atoms with Gasteiger partial charge in [-0.1, -0.05) is 12.1 Å². The summed E-state index contributed by atoms with van der Waals surface area (Å²) in [7, 11) is 1.35. The number of carbonyl (C=O) groups is 2. The van der Waals surface area contributed by atoms with E-state index in [0.29, 0.717) is 11.1 Å². The molecule has 0 radical (unpaired) electrons. The molecule has 3 saturated heterocycles. The van der Waals surface area contributed by atoms with Gasteiger partial charge in [0.05, 0.1) is 44.7 Å². The van der Waals surface area contributed by atoms with Crippen LogP contribution >= 0.6 is 0 Å². The van der Waals surface area contributed by atoms with Gasteiger partial charge in [-0.15, -0.1) is 0 Å². The van der Waals surface area contributed by atoms with E-state index in [-0.39, 0.29) is 17.2 Å². The fourth-order valence-electron chi connectivity index (χ4n) is 7.94. The van der Waals surface area contributed by atoms with Gasteiger partial charge in [0, 0.05) is 18.1 Å². The van der Waals surface area contributed by atoms with Crippen LogP contribution in [0, 0.1) is 11.8 Å². The van der Waals surface area contributed by atoms with Gasteiger partial charge in [0.1, 0.15) is 42.2 Å². The Bertz CT molecular complexity index is 1970. The SMILES string of the molecule is COc1cc(C=CC(=O)OC2C(O)C(C)OC(OC3C4C=COC(OC5OC(CO)C(O)C(O)C5O)C4C4(CO)OC34)C2OC(=O)C=Cc2ccc(O)c(O)c2)ccc1O. The van der Waals surface area contributed by atoms with E-state index in [2.05, 4.69) is 0 Å². The van der Waals surface area contributed by atoms with Gasteiger partial charge < -0.3 is 88.6 Å². The lowest BCUT2D eigenvalue weighted by atomic mass is 9.85. The lowest BCUT2D eigenvalue weighted by molar-refractivity contribution is -0.347. The van der Waals surface area contributed by atoms with Crippen molar-refractivity contribution in [2.75, 3.05) is 20.3 Å². The van der Waals surface area contributed by atoms with Gasteiger partial charge in [-0.05, 0) is 60.5 Å². The van der Waals surface area contributed by atoms with E-state index in [1.807, 2.05) is 0 Å². The molecule has 5 aliphatic rings. The Morgan fingerprint density at radius 2 is 1.42 bits per heavy atom. The molecule has 0 aromatic heterocycles. The molecular formula is C40H46O20. The molecule has 2 aromatic rings. The molecule has 16 atom stereocenters. The monoisotopic (exact) mass is 846 g/mol. The Kier molecular flexibility index (Phi) is 12.7. The molecule has 16 unspecified atom stereocenters. The van der Waals surface area contributed by atoms with Crippen LogP contribution in [-0.4, -0.2) is 164 Å². The molecule has 1 saturated carbocycles. The maximum absolute atomic E-state index is 13.4. The van der Waals surface area contributed by atoms with E-state index in [9.17, 15) is 55.5 Å². The van der Waals surface area contributed by atoms with Crippen LogP contribution in [0.25, 0.3) is 12.2 Å². The third-order valence-electron chi connectivity index (χ3n) is 11.2. The Balaban J connectivity index is 1.14. The lowest BCUT2D eigenvalue weighted by Gasteiger charge is -2.44. The van der Waals surface area contributed by atoms with Gasteiger partial charge in [0.25, 0.3) is 0 Å². The summed E-state index contributed by atoms with van der Waals surface area (Å²) >= 11 is 0. The van der Waals surface area contributed by atoms with Crippen LogP contribution in [-0.2, 0) is 47.5 Å². The van der Waals surface area contributed by atoms with Crippen molar-refractivity contribution in [3.05, 3.63) is 72.0 Å². The van der Waals surface area contributed by atoms with Gasteiger partial charge in [0.15, 0.2) is 47.8 Å². The highest BCUT2D eigenvalue weighted by molar-refractivity contribution is 5.88. The minimum atomic E-state index is -1.77. The standard InChI is InChI=1S/C40H46O20/c1-17-29(48)34(56-26(46)10-6-19-4-8-22(44)24(14-19)52-2)35(57-27(47)9-5-18-3-7-21(43)23(45)13-18)39(54-17)58-33-20-11-12-53-37(28(20)40(16-42)36(33)60-40)59-38-32(51)31(50)30(49)25(15-41)55-38/h3-14,17,20,25,28-39,41-45,48-51H,15-16H2,1-2H3. The normalized spacial score (nSPS) is 38.2. The van der Waals surface area contributed by atoms with Crippen molar-refractivity contribution in [1.29, 1.82) is 0 Å². The zero-order chi connectivity index (χ0) is 43.0. The van der Waals surface area contributed by atoms with Crippen LogP contribution in [0.2, 0.25) is 0 Å². The molecule has 1 aliphatic carbocycles. The van der Waals surface area contributed by atoms with Crippen LogP contribution in [0.4, 0.5) is 0 Å². The molecule has 0 bridgehead atoms. The fourth-order valence-corrected chi connectivity index (χ4v) is 7.94. The molecule has 4 fully saturated rings. The van der Waals surface area contributed by atoms with E-state index in [0.717, 1.165) is 12.2 Å². The predicted molar refractivity (Wildman–Crippen MR) is 198 cm³/mol. The molecule has 4 heterocycles. The molecule has 60 heavy (non-hydrogen) atoms. The fraction of sp³-hybridized carbons (Fsp3) is 0.500. The molecular weight excluding hydrogens is 800 g/mol. The number of benzene rings is 2. The average Bonchev–Trinajstić information content (AvgIpc) is 3.91. The Morgan fingerprint density at radius 3 is 2.07 bits per heavy atom. The number of hydrogen-bond donors (Lipinski definition) is 9. The quantitative estimate of drug-likeness (QED) is 0.0501. The summed E-state index contributed by atoms with van der Waals surface area (Å²) in [5.41, 5.74) is -0.600. The van der Waals surface area contributed by atoms with Gasteiger partial charge in [-0.3, -0.25) is 0 Å².